The highest BCUT2D eigenvalue weighted by Gasteiger charge is 2.36. The molecule has 1 heterocycles. The van der Waals surface area contributed by atoms with Gasteiger partial charge >= 0.3 is 0 Å². The molecule has 2 amide bonds. The summed E-state index contributed by atoms with van der Waals surface area (Å²) in [4.78, 5) is 26.3. The van der Waals surface area contributed by atoms with Gasteiger partial charge in [0.25, 0.3) is 5.91 Å². The second-order valence-corrected chi connectivity index (χ2v) is 6.42. The van der Waals surface area contributed by atoms with E-state index < -0.39 is 11.9 Å². The Morgan fingerprint density at radius 2 is 2.05 bits per heavy atom. The summed E-state index contributed by atoms with van der Waals surface area (Å²) in [6, 6.07) is 4.06. The fourth-order valence-corrected chi connectivity index (χ4v) is 2.98. The second-order valence-electron chi connectivity index (χ2n) is 5.57. The standard InChI is InChI=1S/C15H16BrFN2O2/c16-11-8-9(3-6-12(11)17)15(21)19-7-1-2-13(19)14(20)18-10-4-5-10/h3,6,8,10,13H,1-2,4-5,7H2,(H,18,20). The molecule has 4 nitrogen and oxygen atoms in total. The van der Waals surface area contributed by atoms with E-state index in [2.05, 4.69) is 21.2 Å². The Morgan fingerprint density at radius 3 is 2.71 bits per heavy atom. The number of benzene rings is 1. The molecular formula is C15H16BrFN2O2. The predicted octanol–water partition coefficient (Wildman–Crippen LogP) is 2.47. The van der Waals surface area contributed by atoms with Gasteiger partial charge in [0.05, 0.1) is 4.47 Å². The van der Waals surface area contributed by atoms with Crippen LogP contribution in [0.25, 0.3) is 0 Å². The molecule has 0 aromatic heterocycles. The van der Waals surface area contributed by atoms with Crippen molar-refractivity contribution >= 4 is 27.7 Å². The van der Waals surface area contributed by atoms with Crippen LogP contribution in [-0.2, 0) is 4.79 Å². The molecule has 6 heteroatoms. The first-order chi connectivity index (χ1) is 10.1. The summed E-state index contributed by atoms with van der Waals surface area (Å²) in [7, 11) is 0. The fraction of sp³-hybridized carbons (Fsp3) is 0.467. The Labute approximate surface area is 130 Å². The van der Waals surface area contributed by atoms with E-state index in [0.717, 1.165) is 19.3 Å². The lowest BCUT2D eigenvalue weighted by Gasteiger charge is -2.24. The lowest BCUT2D eigenvalue weighted by molar-refractivity contribution is -0.125. The Hall–Kier alpha value is -1.43. The topological polar surface area (TPSA) is 49.4 Å². The van der Waals surface area contributed by atoms with E-state index in [1.807, 2.05) is 0 Å². The van der Waals surface area contributed by atoms with Crippen LogP contribution in [0, 0.1) is 5.82 Å². The van der Waals surface area contributed by atoms with E-state index in [1.54, 1.807) is 4.90 Å². The average Bonchev–Trinajstić information content (AvgIpc) is 3.14. The van der Waals surface area contributed by atoms with Crippen LogP contribution in [0.5, 0.6) is 0 Å². The van der Waals surface area contributed by atoms with E-state index in [0.29, 0.717) is 18.5 Å². The average molecular weight is 355 g/mol. The first-order valence-corrected chi connectivity index (χ1v) is 7.92. The number of nitrogens with zero attached hydrogens (tertiary/aromatic N) is 1. The third kappa shape index (κ3) is 3.10. The van der Waals surface area contributed by atoms with E-state index in [-0.39, 0.29) is 22.3 Å². The van der Waals surface area contributed by atoms with Gasteiger partial charge in [0.1, 0.15) is 11.9 Å². The van der Waals surface area contributed by atoms with Gasteiger partial charge in [-0.15, -0.1) is 0 Å². The molecule has 1 unspecified atom stereocenters. The molecule has 0 spiro atoms. The van der Waals surface area contributed by atoms with Crippen LogP contribution in [-0.4, -0.2) is 35.3 Å². The Bertz CT molecular complexity index is 589. The smallest absolute Gasteiger partial charge is 0.254 e. The third-order valence-electron chi connectivity index (χ3n) is 3.91. The summed E-state index contributed by atoms with van der Waals surface area (Å²) in [5.74, 6) is -0.690. The van der Waals surface area contributed by atoms with Crippen molar-refractivity contribution in [1.29, 1.82) is 0 Å². The van der Waals surface area contributed by atoms with Gasteiger partial charge in [-0.1, -0.05) is 0 Å². The first kappa shape index (κ1) is 14.5. The SMILES string of the molecule is O=C(NC1CC1)C1CCCN1C(=O)c1ccc(F)c(Br)c1. The van der Waals surface area contributed by atoms with Crippen LogP contribution in [0.15, 0.2) is 22.7 Å². The molecule has 3 rings (SSSR count). The maximum absolute atomic E-state index is 13.3. The van der Waals surface area contributed by atoms with Crippen LogP contribution in [0.3, 0.4) is 0 Å². The number of hydrogen-bond donors (Lipinski definition) is 1. The van der Waals surface area contributed by atoms with Crippen molar-refractivity contribution in [2.45, 2.75) is 37.8 Å². The normalized spacial score (nSPS) is 21.4. The third-order valence-corrected chi connectivity index (χ3v) is 4.51. The molecule has 0 radical (unpaired) electrons. The molecule has 21 heavy (non-hydrogen) atoms. The van der Waals surface area contributed by atoms with Gasteiger partial charge in [-0.3, -0.25) is 9.59 Å². The lowest BCUT2D eigenvalue weighted by Crippen LogP contribution is -2.46. The number of hydrogen-bond acceptors (Lipinski definition) is 2. The highest BCUT2D eigenvalue weighted by Crippen LogP contribution is 2.25. The van der Waals surface area contributed by atoms with E-state index >= 15 is 0 Å². The molecule has 1 atom stereocenters. The summed E-state index contributed by atoms with van der Waals surface area (Å²) < 4.78 is 13.5. The number of carbonyl (C=O) groups excluding carboxylic acids is 2. The van der Waals surface area contributed by atoms with Crippen LogP contribution >= 0.6 is 15.9 Å². The molecule has 0 bridgehead atoms. The molecule has 2 fully saturated rings. The fourth-order valence-electron chi connectivity index (χ4n) is 2.60. The highest BCUT2D eigenvalue weighted by molar-refractivity contribution is 9.10. The van der Waals surface area contributed by atoms with Crippen LogP contribution < -0.4 is 5.32 Å². The Balaban J connectivity index is 1.75. The maximum Gasteiger partial charge on any atom is 0.254 e. The number of halogens is 2. The largest absolute Gasteiger partial charge is 0.352 e. The lowest BCUT2D eigenvalue weighted by atomic mass is 10.1. The zero-order valence-corrected chi connectivity index (χ0v) is 13.0. The van der Waals surface area contributed by atoms with Gasteiger partial charge in [-0.2, -0.15) is 0 Å². The maximum atomic E-state index is 13.3. The number of rotatable bonds is 3. The van der Waals surface area contributed by atoms with Crippen molar-refractivity contribution in [2.24, 2.45) is 0 Å². The highest BCUT2D eigenvalue weighted by atomic mass is 79.9. The molecule has 1 saturated carbocycles. The zero-order chi connectivity index (χ0) is 15.0. The molecule has 1 aliphatic heterocycles. The van der Waals surface area contributed by atoms with Crippen molar-refractivity contribution in [2.75, 3.05) is 6.54 Å². The van der Waals surface area contributed by atoms with Crippen molar-refractivity contribution in [3.05, 3.63) is 34.1 Å². The minimum atomic E-state index is -0.406. The van der Waals surface area contributed by atoms with Crippen LogP contribution in [0.4, 0.5) is 4.39 Å². The van der Waals surface area contributed by atoms with Gasteiger partial charge in [-0.05, 0) is 59.8 Å². The van der Waals surface area contributed by atoms with Crippen LogP contribution in [0.2, 0.25) is 0 Å². The monoisotopic (exact) mass is 354 g/mol. The van der Waals surface area contributed by atoms with Crippen molar-refractivity contribution in [3.63, 3.8) is 0 Å². The number of carbonyl (C=O) groups is 2. The molecular weight excluding hydrogens is 339 g/mol. The van der Waals surface area contributed by atoms with Crippen molar-refractivity contribution < 1.29 is 14.0 Å². The molecule has 1 N–H and O–H groups in total. The Morgan fingerprint density at radius 1 is 1.29 bits per heavy atom. The summed E-state index contributed by atoms with van der Waals surface area (Å²) in [6.07, 6.45) is 3.55. The molecule has 1 saturated heterocycles. The van der Waals surface area contributed by atoms with Crippen molar-refractivity contribution in [1.82, 2.24) is 10.2 Å². The summed E-state index contributed by atoms with van der Waals surface area (Å²) in [6.45, 7) is 0.566. The van der Waals surface area contributed by atoms with E-state index in [1.165, 1.54) is 18.2 Å². The van der Waals surface area contributed by atoms with Crippen LogP contribution in [0.1, 0.15) is 36.0 Å². The number of nitrogens with one attached hydrogen (secondary N) is 1. The number of likely N-dealkylation sites (tertiary alicyclic amines) is 1. The van der Waals surface area contributed by atoms with Gasteiger partial charge in [0.2, 0.25) is 5.91 Å². The van der Waals surface area contributed by atoms with Gasteiger partial charge in [0, 0.05) is 18.2 Å². The number of amides is 2. The summed E-state index contributed by atoms with van der Waals surface area (Å²) in [5.41, 5.74) is 0.398. The molecule has 1 aromatic carbocycles. The second kappa shape index (κ2) is 5.75. The van der Waals surface area contributed by atoms with Gasteiger partial charge in [-0.25, -0.2) is 4.39 Å². The summed E-state index contributed by atoms with van der Waals surface area (Å²) >= 11 is 3.08. The predicted molar refractivity (Wildman–Crippen MR) is 79.3 cm³/mol. The Kier molecular flexibility index (Phi) is 3.97. The zero-order valence-electron chi connectivity index (χ0n) is 11.4. The molecule has 112 valence electrons. The van der Waals surface area contributed by atoms with E-state index in [9.17, 15) is 14.0 Å². The minimum absolute atomic E-state index is 0.0653. The molecule has 1 aromatic rings. The quantitative estimate of drug-likeness (QED) is 0.906. The summed E-state index contributed by atoms with van der Waals surface area (Å²) in [5, 5.41) is 2.95. The van der Waals surface area contributed by atoms with Gasteiger partial charge in [0.15, 0.2) is 0 Å². The molecule has 1 aliphatic carbocycles. The van der Waals surface area contributed by atoms with Gasteiger partial charge < -0.3 is 10.2 Å². The first-order valence-electron chi connectivity index (χ1n) is 7.12. The minimum Gasteiger partial charge on any atom is -0.352 e. The van der Waals surface area contributed by atoms with E-state index in [4.69, 9.17) is 0 Å². The van der Waals surface area contributed by atoms with Crippen molar-refractivity contribution in [3.8, 4) is 0 Å². The molecule has 2 aliphatic rings.